The lowest BCUT2D eigenvalue weighted by molar-refractivity contribution is 0.616. The number of aromatic nitrogens is 3. The summed E-state index contributed by atoms with van der Waals surface area (Å²) in [6, 6.07) is 6.51. The van der Waals surface area contributed by atoms with Crippen LogP contribution in [0.5, 0.6) is 0 Å². The van der Waals surface area contributed by atoms with Crippen molar-refractivity contribution in [3.8, 4) is 6.07 Å². The van der Waals surface area contributed by atoms with Crippen LogP contribution in [-0.2, 0) is 5.75 Å². The molecule has 0 bridgehead atoms. The zero-order valence-corrected chi connectivity index (χ0v) is 11.3. The molecule has 0 unspecified atom stereocenters. The number of halogens is 1. The van der Waals surface area contributed by atoms with Gasteiger partial charge in [0.25, 0.3) is 0 Å². The molecule has 0 atom stereocenters. The number of H-pyrrole nitrogens is 1. The average molecular weight is 290 g/mol. The van der Waals surface area contributed by atoms with Crippen molar-refractivity contribution in [2.75, 3.05) is 0 Å². The van der Waals surface area contributed by atoms with Crippen LogP contribution in [0, 0.1) is 17.1 Å². The molecule has 1 aliphatic rings. The van der Waals surface area contributed by atoms with Gasteiger partial charge in [0.05, 0.1) is 11.6 Å². The highest BCUT2D eigenvalue weighted by Crippen LogP contribution is 2.36. The summed E-state index contributed by atoms with van der Waals surface area (Å²) >= 11 is 1.31. The van der Waals surface area contributed by atoms with Crippen molar-refractivity contribution in [2.24, 2.45) is 0 Å². The number of nitriles is 1. The van der Waals surface area contributed by atoms with Gasteiger partial charge in [0.2, 0.25) is 0 Å². The van der Waals surface area contributed by atoms with E-state index in [9.17, 15) is 9.18 Å². The molecule has 1 aromatic carbocycles. The fraction of sp³-hybridized carbons (Fsp3) is 0.308. The van der Waals surface area contributed by atoms with Crippen molar-refractivity contribution in [1.29, 1.82) is 5.26 Å². The van der Waals surface area contributed by atoms with Crippen LogP contribution in [0.4, 0.5) is 4.39 Å². The third kappa shape index (κ3) is 2.47. The topological polar surface area (TPSA) is 74.5 Å². The molecule has 0 radical (unpaired) electrons. The fourth-order valence-corrected chi connectivity index (χ4v) is 2.92. The first kappa shape index (κ1) is 12.9. The maximum atomic E-state index is 13.8. The first-order chi connectivity index (χ1) is 9.69. The van der Waals surface area contributed by atoms with Crippen molar-refractivity contribution in [3.63, 3.8) is 0 Å². The Bertz CT molecular complexity index is 742. The van der Waals surface area contributed by atoms with Crippen LogP contribution in [0.15, 0.2) is 28.2 Å². The minimum Gasteiger partial charge on any atom is -0.267 e. The van der Waals surface area contributed by atoms with Gasteiger partial charge in [-0.05, 0) is 30.5 Å². The van der Waals surface area contributed by atoms with Gasteiger partial charge in [-0.15, -0.1) is 5.10 Å². The highest BCUT2D eigenvalue weighted by atomic mass is 32.2. The Hall–Kier alpha value is -2.07. The quantitative estimate of drug-likeness (QED) is 0.876. The molecule has 1 aliphatic carbocycles. The van der Waals surface area contributed by atoms with Gasteiger partial charge in [-0.3, -0.25) is 4.57 Å². The Morgan fingerprint density at radius 3 is 3.00 bits per heavy atom. The molecule has 1 fully saturated rings. The van der Waals surface area contributed by atoms with Crippen LogP contribution in [-0.4, -0.2) is 14.8 Å². The van der Waals surface area contributed by atoms with E-state index in [1.54, 1.807) is 16.7 Å². The van der Waals surface area contributed by atoms with E-state index in [0.29, 0.717) is 22.0 Å². The first-order valence-electron chi connectivity index (χ1n) is 6.17. The zero-order valence-electron chi connectivity index (χ0n) is 10.5. The summed E-state index contributed by atoms with van der Waals surface area (Å²) in [5, 5.41) is 15.7. The number of benzene rings is 1. The van der Waals surface area contributed by atoms with E-state index in [4.69, 9.17) is 5.26 Å². The second-order valence-corrected chi connectivity index (χ2v) is 5.56. The van der Waals surface area contributed by atoms with Gasteiger partial charge in [0, 0.05) is 11.8 Å². The maximum Gasteiger partial charge on any atom is 0.344 e. The molecule has 1 N–H and O–H groups in total. The molecule has 0 saturated heterocycles. The predicted octanol–water partition coefficient (Wildman–Crippen LogP) is 2.21. The number of aromatic amines is 1. The van der Waals surface area contributed by atoms with Gasteiger partial charge in [-0.1, -0.05) is 17.8 Å². The lowest BCUT2D eigenvalue weighted by Crippen LogP contribution is -2.16. The van der Waals surface area contributed by atoms with Gasteiger partial charge < -0.3 is 0 Å². The monoisotopic (exact) mass is 290 g/mol. The number of rotatable bonds is 4. The van der Waals surface area contributed by atoms with E-state index in [2.05, 4.69) is 10.2 Å². The molecule has 0 spiro atoms. The second-order valence-electron chi connectivity index (χ2n) is 4.62. The number of hydrogen-bond donors (Lipinski definition) is 1. The van der Waals surface area contributed by atoms with E-state index in [0.717, 1.165) is 12.8 Å². The summed E-state index contributed by atoms with van der Waals surface area (Å²) in [5.74, 6) is -0.0402. The Balaban J connectivity index is 1.77. The average Bonchev–Trinajstić information content (AvgIpc) is 3.21. The molecule has 20 heavy (non-hydrogen) atoms. The number of thioether (sulfide) groups is 1. The summed E-state index contributed by atoms with van der Waals surface area (Å²) < 4.78 is 15.4. The summed E-state index contributed by atoms with van der Waals surface area (Å²) in [5.41, 5.74) is 0.577. The van der Waals surface area contributed by atoms with Crippen LogP contribution in [0.2, 0.25) is 0 Å². The molecular weight excluding hydrogens is 279 g/mol. The smallest absolute Gasteiger partial charge is 0.267 e. The Labute approximate surface area is 118 Å². The van der Waals surface area contributed by atoms with Crippen LogP contribution in [0.25, 0.3) is 0 Å². The Morgan fingerprint density at radius 1 is 1.55 bits per heavy atom. The largest absolute Gasteiger partial charge is 0.344 e. The van der Waals surface area contributed by atoms with Gasteiger partial charge in [-0.25, -0.2) is 14.3 Å². The van der Waals surface area contributed by atoms with Gasteiger partial charge in [0.1, 0.15) is 5.82 Å². The molecule has 2 aromatic rings. The standard InChI is InChI=1S/C13H11FN4OS/c14-11-5-8(6-15)1-2-9(11)7-20-13-17-16-12(19)18(13)10-3-4-10/h1-2,5,10H,3-4,7H2,(H,16,19). The van der Waals surface area contributed by atoms with Gasteiger partial charge in [-0.2, -0.15) is 5.26 Å². The molecular formula is C13H11FN4OS. The van der Waals surface area contributed by atoms with E-state index >= 15 is 0 Å². The fourth-order valence-electron chi connectivity index (χ4n) is 1.92. The number of hydrogen-bond acceptors (Lipinski definition) is 4. The summed E-state index contributed by atoms with van der Waals surface area (Å²) in [6.45, 7) is 0. The maximum absolute atomic E-state index is 13.8. The Kier molecular flexibility index (Phi) is 3.32. The van der Waals surface area contributed by atoms with E-state index < -0.39 is 5.82 Å². The normalized spacial score (nSPS) is 14.2. The van der Waals surface area contributed by atoms with E-state index in [1.165, 1.54) is 17.8 Å². The van der Waals surface area contributed by atoms with Crippen molar-refractivity contribution < 1.29 is 4.39 Å². The SMILES string of the molecule is N#Cc1ccc(CSc2n[nH]c(=O)n2C2CC2)c(F)c1. The zero-order chi connectivity index (χ0) is 14.1. The summed E-state index contributed by atoms with van der Waals surface area (Å²) in [7, 11) is 0. The number of nitrogens with one attached hydrogen (secondary N) is 1. The molecule has 1 heterocycles. The number of nitrogens with zero attached hydrogens (tertiary/aromatic N) is 3. The molecule has 0 aliphatic heterocycles. The van der Waals surface area contributed by atoms with Gasteiger partial charge in [0.15, 0.2) is 5.16 Å². The van der Waals surface area contributed by atoms with Crippen LogP contribution < -0.4 is 5.69 Å². The van der Waals surface area contributed by atoms with Crippen molar-refractivity contribution in [3.05, 3.63) is 45.6 Å². The second kappa shape index (κ2) is 5.13. The Morgan fingerprint density at radius 2 is 2.35 bits per heavy atom. The molecule has 0 amide bonds. The minimum absolute atomic E-state index is 0.213. The summed E-state index contributed by atoms with van der Waals surface area (Å²) in [4.78, 5) is 11.6. The first-order valence-corrected chi connectivity index (χ1v) is 7.16. The van der Waals surface area contributed by atoms with Crippen LogP contribution in [0.1, 0.15) is 30.0 Å². The van der Waals surface area contributed by atoms with Gasteiger partial charge >= 0.3 is 5.69 Å². The van der Waals surface area contributed by atoms with Crippen LogP contribution >= 0.6 is 11.8 Å². The molecule has 102 valence electrons. The minimum atomic E-state index is -0.410. The highest BCUT2D eigenvalue weighted by Gasteiger charge is 2.28. The van der Waals surface area contributed by atoms with Crippen molar-refractivity contribution >= 4 is 11.8 Å². The van der Waals surface area contributed by atoms with E-state index in [1.807, 2.05) is 6.07 Å². The van der Waals surface area contributed by atoms with Crippen molar-refractivity contribution in [1.82, 2.24) is 14.8 Å². The lowest BCUT2D eigenvalue weighted by Gasteiger charge is -2.04. The third-order valence-corrected chi connectivity index (χ3v) is 4.12. The molecule has 1 saturated carbocycles. The highest BCUT2D eigenvalue weighted by molar-refractivity contribution is 7.98. The van der Waals surface area contributed by atoms with Crippen molar-refractivity contribution in [2.45, 2.75) is 29.8 Å². The van der Waals surface area contributed by atoms with E-state index in [-0.39, 0.29) is 11.7 Å². The molecule has 3 rings (SSSR count). The molecule has 5 nitrogen and oxygen atoms in total. The molecule has 1 aromatic heterocycles. The van der Waals surface area contributed by atoms with Crippen LogP contribution in [0.3, 0.4) is 0 Å². The summed E-state index contributed by atoms with van der Waals surface area (Å²) in [6.07, 6.45) is 1.97. The molecule has 7 heteroatoms. The lowest BCUT2D eigenvalue weighted by atomic mass is 10.1. The third-order valence-electron chi connectivity index (χ3n) is 3.12. The predicted molar refractivity (Wildman–Crippen MR) is 71.8 cm³/mol.